The third kappa shape index (κ3) is 2.67. The van der Waals surface area contributed by atoms with E-state index in [1.54, 1.807) is 13.2 Å². The number of pyridine rings is 1. The highest BCUT2D eigenvalue weighted by Gasteiger charge is 2.60. The van der Waals surface area contributed by atoms with Crippen LogP contribution in [0.25, 0.3) is 11.1 Å². The van der Waals surface area contributed by atoms with E-state index in [9.17, 15) is 4.79 Å². The Morgan fingerprint density at radius 3 is 2.65 bits per heavy atom. The second-order valence-corrected chi connectivity index (χ2v) is 7.89. The van der Waals surface area contributed by atoms with Gasteiger partial charge in [0.25, 0.3) is 5.91 Å². The molecule has 1 aliphatic carbocycles. The Bertz CT molecular complexity index is 846. The zero-order valence-corrected chi connectivity index (χ0v) is 15.6. The lowest BCUT2D eigenvalue weighted by molar-refractivity contribution is 0.0963. The standard InChI is InChI=1S/C21H26N4O/c1-13(2)25-11-17-9-21(17,12-25)16-6-4-14(5-7-16)15-8-18(20(26)23-3)19(22)24-10-15/h4-8,10,13,17H,9,11-12H2,1-3H3,(H2,22,24)(H,23,26)/t17-,21+/m0/s1. The lowest BCUT2D eigenvalue weighted by atomic mass is 9.93. The summed E-state index contributed by atoms with van der Waals surface area (Å²) in [6.45, 7) is 6.94. The SMILES string of the molecule is CNC(=O)c1cc(-c2ccc([C@]34C[C@H]3CN(C(C)C)C4)cc2)cnc1N. The molecule has 1 aliphatic heterocycles. The number of amides is 1. The van der Waals surface area contributed by atoms with Gasteiger partial charge in [0, 0.05) is 43.4 Å². The van der Waals surface area contributed by atoms with Gasteiger partial charge in [-0.05, 0) is 43.4 Å². The smallest absolute Gasteiger partial charge is 0.254 e. The number of carbonyl (C=O) groups is 1. The highest BCUT2D eigenvalue weighted by molar-refractivity contribution is 5.99. The summed E-state index contributed by atoms with van der Waals surface area (Å²) >= 11 is 0. The monoisotopic (exact) mass is 350 g/mol. The Balaban J connectivity index is 1.59. The minimum Gasteiger partial charge on any atom is -0.383 e. The fourth-order valence-corrected chi connectivity index (χ4v) is 4.31. The number of rotatable bonds is 4. The zero-order chi connectivity index (χ0) is 18.5. The van der Waals surface area contributed by atoms with E-state index < -0.39 is 0 Å². The van der Waals surface area contributed by atoms with Crippen LogP contribution in [0.4, 0.5) is 5.82 Å². The van der Waals surface area contributed by atoms with Gasteiger partial charge in [-0.25, -0.2) is 4.98 Å². The van der Waals surface area contributed by atoms with Crippen LogP contribution in [-0.4, -0.2) is 42.0 Å². The van der Waals surface area contributed by atoms with Gasteiger partial charge < -0.3 is 11.1 Å². The van der Waals surface area contributed by atoms with Gasteiger partial charge >= 0.3 is 0 Å². The average Bonchev–Trinajstić information content (AvgIpc) is 3.22. The van der Waals surface area contributed by atoms with E-state index in [-0.39, 0.29) is 11.7 Å². The summed E-state index contributed by atoms with van der Waals surface area (Å²) in [5.74, 6) is 0.839. The summed E-state index contributed by atoms with van der Waals surface area (Å²) < 4.78 is 0. The molecule has 3 N–H and O–H groups in total. The molecule has 2 atom stereocenters. The van der Waals surface area contributed by atoms with Gasteiger partial charge in [0.15, 0.2) is 0 Å². The second-order valence-electron chi connectivity index (χ2n) is 7.89. The molecule has 2 aliphatic rings. The summed E-state index contributed by atoms with van der Waals surface area (Å²) in [4.78, 5) is 18.7. The average molecular weight is 350 g/mol. The number of piperidine rings is 1. The number of hydrogen-bond donors (Lipinski definition) is 2. The van der Waals surface area contributed by atoms with Crippen LogP contribution in [-0.2, 0) is 5.41 Å². The molecule has 2 aromatic rings. The maximum absolute atomic E-state index is 11.9. The van der Waals surface area contributed by atoms with Crippen molar-refractivity contribution in [3.63, 3.8) is 0 Å². The quantitative estimate of drug-likeness (QED) is 0.889. The van der Waals surface area contributed by atoms with E-state index in [0.717, 1.165) is 17.0 Å². The van der Waals surface area contributed by atoms with E-state index >= 15 is 0 Å². The fourth-order valence-electron chi connectivity index (χ4n) is 4.31. The number of benzene rings is 1. The van der Waals surface area contributed by atoms with Crippen LogP contribution in [0.5, 0.6) is 0 Å². The summed E-state index contributed by atoms with van der Waals surface area (Å²) in [7, 11) is 1.59. The third-order valence-electron chi connectivity index (χ3n) is 6.09. The molecule has 4 rings (SSSR count). The largest absolute Gasteiger partial charge is 0.383 e. The molecule has 0 unspecified atom stereocenters. The van der Waals surface area contributed by atoms with Gasteiger partial charge in [0.1, 0.15) is 5.82 Å². The Kier molecular flexibility index (Phi) is 3.99. The van der Waals surface area contributed by atoms with Gasteiger partial charge in [-0.15, -0.1) is 0 Å². The van der Waals surface area contributed by atoms with Crippen molar-refractivity contribution in [1.82, 2.24) is 15.2 Å². The van der Waals surface area contributed by atoms with Crippen molar-refractivity contribution in [3.8, 4) is 11.1 Å². The number of fused-ring (bicyclic) bond motifs is 1. The van der Waals surface area contributed by atoms with Crippen molar-refractivity contribution < 1.29 is 4.79 Å². The van der Waals surface area contributed by atoms with Crippen molar-refractivity contribution in [3.05, 3.63) is 47.7 Å². The normalized spacial score (nSPS) is 24.5. The lowest BCUT2D eigenvalue weighted by Gasteiger charge is -2.24. The molecule has 1 amide bonds. The predicted molar refractivity (Wildman–Crippen MR) is 104 cm³/mol. The Morgan fingerprint density at radius 2 is 2.04 bits per heavy atom. The summed E-state index contributed by atoms with van der Waals surface area (Å²) in [5.41, 5.74) is 10.0. The molecular weight excluding hydrogens is 324 g/mol. The Morgan fingerprint density at radius 1 is 1.31 bits per heavy atom. The molecule has 5 nitrogen and oxygen atoms in total. The molecule has 1 aromatic carbocycles. The van der Waals surface area contributed by atoms with E-state index in [2.05, 4.69) is 53.3 Å². The zero-order valence-electron chi connectivity index (χ0n) is 15.6. The highest BCUT2D eigenvalue weighted by atomic mass is 16.1. The molecule has 1 aromatic heterocycles. The first-order valence-corrected chi connectivity index (χ1v) is 9.27. The molecule has 0 bridgehead atoms. The Labute approximate surface area is 154 Å². The van der Waals surface area contributed by atoms with Crippen LogP contribution < -0.4 is 11.1 Å². The summed E-state index contributed by atoms with van der Waals surface area (Å²) in [6.07, 6.45) is 3.03. The number of nitrogens with two attached hydrogens (primary N) is 1. The van der Waals surface area contributed by atoms with E-state index in [1.165, 1.54) is 25.1 Å². The highest BCUT2D eigenvalue weighted by Crippen LogP contribution is 2.59. The number of nitrogens with one attached hydrogen (secondary N) is 1. The van der Waals surface area contributed by atoms with Gasteiger partial charge in [0.2, 0.25) is 0 Å². The second kappa shape index (κ2) is 6.09. The number of likely N-dealkylation sites (tertiary alicyclic amines) is 1. The molecule has 2 heterocycles. The van der Waals surface area contributed by atoms with Gasteiger partial charge in [0.05, 0.1) is 5.56 Å². The molecule has 0 radical (unpaired) electrons. The number of carbonyl (C=O) groups excluding carboxylic acids is 1. The van der Waals surface area contributed by atoms with Crippen molar-refractivity contribution in [2.75, 3.05) is 25.9 Å². The summed E-state index contributed by atoms with van der Waals surface area (Å²) in [5, 5.41) is 2.61. The van der Waals surface area contributed by atoms with Crippen LogP contribution in [0.1, 0.15) is 36.2 Å². The van der Waals surface area contributed by atoms with Crippen LogP contribution >= 0.6 is 0 Å². The van der Waals surface area contributed by atoms with Crippen molar-refractivity contribution in [1.29, 1.82) is 0 Å². The minimum atomic E-state index is -0.215. The summed E-state index contributed by atoms with van der Waals surface area (Å²) in [6, 6.07) is 11.2. The molecular formula is C21H26N4O. The van der Waals surface area contributed by atoms with Crippen LogP contribution in [0.2, 0.25) is 0 Å². The van der Waals surface area contributed by atoms with Crippen molar-refractivity contribution in [2.24, 2.45) is 5.92 Å². The Hall–Kier alpha value is -2.40. The van der Waals surface area contributed by atoms with Crippen LogP contribution in [0, 0.1) is 5.92 Å². The number of nitrogens with zero attached hydrogens (tertiary/aromatic N) is 2. The molecule has 1 saturated carbocycles. The predicted octanol–water partition coefficient (Wildman–Crippen LogP) is 2.67. The van der Waals surface area contributed by atoms with E-state index in [1.807, 2.05) is 6.07 Å². The first-order chi connectivity index (χ1) is 12.4. The van der Waals surface area contributed by atoms with E-state index in [0.29, 0.717) is 17.0 Å². The first kappa shape index (κ1) is 17.0. The molecule has 26 heavy (non-hydrogen) atoms. The maximum Gasteiger partial charge on any atom is 0.254 e. The van der Waals surface area contributed by atoms with Crippen LogP contribution in [0.3, 0.4) is 0 Å². The molecule has 136 valence electrons. The van der Waals surface area contributed by atoms with E-state index in [4.69, 9.17) is 5.73 Å². The van der Waals surface area contributed by atoms with Gasteiger partial charge in [-0.3, -0.25) is 9.69 Å². The number of aromatic nitrogens is 1. The molecule has 1 saturated heterocycles. The topological polar surface area (TPSA) is 71.2 Å². The molecule has 2 fully saturated rings. The van der Waals surface area contributed by atoms with Gasteiger partial charge in [-0.1, -0.05) is 24.3 Å². The van der Waals surface area contributed by atoms with Crippen molar-refractivity contribution in [2.45, 2.75) is 31.7 Å². The lowest BCUT2D eigenvalue weighted by Crippen LogP contribution is -2.32. The maximum atomic E-state index is 11.9. The minimum absolute atomic E-state index is 0.215. The van der Waals surface area contributed by atoms with Crippen molar-refractivity contribution >= 4 is 11.7 Å². The first-order valence-electron chi connectivity index (χ1n) is 9.27. The number of hydrogen-bond acceptors (Lipinski definition) is 4. The third-order valence-corrected chi connectivity index (χ3v) is 6.09. The number of nitrogen functional groups attached to an aromatic ring is 1. The fraction of sp³-hybridized carbons (Fsp3) is 0.429. The molecule has 0 spiro atoms. The van der Waals surface area contributed by atoms with Crippen LogP contribution in [0.15, 0.2) is 36.5 Å². The van der Waals surface area contributed by atoms with Gasteiger partial charge in [-0.2, -0.15) is 0 Å². The number of anilines is 1. The molecule has 5 heteroatoms.